The summed E-state index contributed by atoms with van der Waals surface area (Å²) in [5, 5.41) is 16.7. The van der Waals surface area contributed by atoms with Gasteiger partial charge < -0.3 is 19.9 Å². The summed E-state index contributed by atoms with van der Waals surface area (Å²) in [7, 11) is 0. The summed E-state index contributed by atoms with van der Waals surface area (Å²) in [6.45, 7) is 5.14. The molecule has 1 aromatic heterocycles. The highest BCUT2D eigenvalue weighted by atomic mass is 35.5. The van der Waals surface area contributed by atoms with Gasteiger partial charge in [-0.15, -0.1) is 0 Å². The third-order valence-electron chi connectivity index (χ3n) is 13.8. The van der Waals surface area contributed by atoms with E-state index >= 15 is 4.39 Å². The largest absolute Gasteiger partial charge is 0.454 e. The molecule has 11 heteroatoms. The molecule has 1 aliphatic heterocycles. The number of allylic oxidation sites excluding steroid dienone is 4. The fourth-order valence-corrected chi connectivity index (χ4v) is 11.4. The zero-order chi connectivity index (χ0) is 37.2. The summed E-state index contributed by atoms with van der Waals surface area (Å²) in [4.78, 5) is 56.9. The van der Waals surface area contributed by atoms with Crippen molar-refractivity contribution in [3.63, 3.8) is 0 Å². The summed E-state index contributed by atoms with van der Waals surface area (Å²) < 4.78 is 29.4. The van der Waals surface area contributed by atoms with Gasteiger partial charge in [-0.1, -0.05) is 55.3 Å². The standard InChI is InChI=1S/C42H40ClFN2O7/c1-21-13-31-30-10-8-26-15-28(47)11-12-39(26,3)41(30,44)33(48)17-40(31)42(21,53-40)34(49)20-52-38(51)24-6-4-5-23(14-24)35-22(2)36(35)37(50)46-27-9-7-25-18-45-19-32(43)29(25)16-27/h4-7,9,11-12,14-16,18-19,21-22,30-31,33,35-36,48H,8,10,13,17,20H2,1-3H3,(H,46,50). The first-order chi connectivity index (χ1) is 25.2. The molecule has 4 saturated carbocycles. The number of ketones is 2. The van der Waals surface area contributed by atoms with Crippen LogP contribution in [0.5, 0.6) is 0 Å². The monoisotopic (exact) mass is 738 g/mol. The zero-order valence-electron chi connectivity index (χ0n) is 29.6. The Balaban J connectivity index is 0.867. The van der Waals surface area contributed by atoms with E-state index in [2.05, 4.69) is 10.3 Å². The SMILES string of the molecule is CC1C(C(=O)Nc2ccc3cncc(Cl)c3c2)C1c1cccc(C(=O)OCC(=O)C23OC24CC(O)C2(F)C(CCC5=CC(=O)C=CC52C)C4CC3C)c1. The minimum Gasteiger partial charge on any atom is -0.454 e. The number of hydrogen-bond donors (Lipinski definition) is 2. The lowest BCUT2D eigenvalue weighted by atomic mass is 9.48. The fourth-order valence-electron chi connectivity index (χ4n) is 11.1. The molecule has 2 heterocycles. The smallest absolute Gasteiger partial charge is 0.338 e. The number of amides is 1. The van der Waals surface area contributed by atoms with E-state index in [1.54, 1.807) is 43.6 Å². The van der Waals surface area contributed by atoms with E-state index < -0.39 is 46.9 Å². The third-order valence-corrected chi connectivity index (χ3v) is 14.1. The van der Waals surface area contributed by atoms with Crippen LogP contribution in [0, 0.1) is 35.0 Å². The fraction of sp³-hybridized carbons (Fsp3) is 0.452. The first-order valence-electron chi connectivity index (χ1n) is 18.4. The molecule has 0 bridgehead atoms. The lowest BCUT2D eigenvalue weighted by Crippen LogP contribution is -2.66. The molecule has 2 N–H and O–H groups in total. The average molecular weight is 739 g/mol. The minimum atomic E-state index is -2.02. The van der Waals surface area contributed by atoms with Gasteiger partial charge in [-0.3, -0.25) is 19.4 Å². The van der Waals surface area contributed by atoms with Gasteiger partial charge in [0.2, 0.25) is 11.7 Å². The topological polar surface area (TPSA) is 135 Å². The number of halogens is 2. The molecule has 1 spiro atoms. The van der Waals surface area contributed by atoms with Crippen LogP contribution >= 0.6 is 11.6 Å². The van der Waals surface area contributed by atoms with E-state index in [0.29, 0.717) is 35.5 Å². The van der Waals surface area contributed by atoms with E-state index in [0.717, 1.165) is 16.3 Å². The molecule has 2 aromatic carbocycles. The number of fused-ring (bicyclic) bond motifs is 5. The second-order valence-electron chi connectivity index (χ2n) is 16.3. The maximum absolute atomic E-state index is 17.4. The number of epoxide rings is 1. The Kier molecular flexibility index (Phi) is 7.57. The Hall–Kier alpha value is -4.25. The number of carbonyl (C=O) groups excluding carboxylic acids is 4. The Morgan fingerprint density at radius 3 is 2.75 bits per heavy atom. The van der Waals surface area contributed by atoms with Crippen molar-refractivity contribution in [3.05, 3.63) is 94.8 Å². The number of esters is 1. The molecule has 6 aliphatic rings. The van der Waals surface area contributed by atoms with Crippen molar-refractivity contribution in [2.45, 2.75) is 75.3 Å². The number of hydrogen-bond acceptors (Lipinski definition) is 8. The van der Waals surface area contributed by atoms with Gasteiger partial charge in [-0.25, -0.2) is 9.18 Å². The first-order valence-corrected chi connectivity index (χ1v) is 18.8. The predicted octanol–water partition coefficient (Wildman–Crippen LogP) is 6.72. The number of carbonyl (C=O) groups is 4. The van der Waals surface area contributed by atoms with Crippen molar-refractivity contribution in [3.8, 4) is 0 Å². The minimum absolute atomic E-state index is 0.0371. The molecule has 9 rings (SSSR count). The molecule has 11 unspecified atom stereocenters. The van der Waals surface area contributed by atoms with Crippen LogP contribution < -0.4 is 5.32 Å². The van der Waals surface area contributed by atoms with Crippen LogP contribution in [0.3, 0.4) is 0 Å². The Morgan fingerprint density at radius 2 is 1.94 bits per heavy atom. The number of alkyl halides is 1. The van der Waals surface area contributed by atoms with Crippen LogP contribution in [-0.2, 0) is 23.9 Å². The lowest BCUT2D eigenvalue weighted by molar-refractivity contribution is -0.179. The lowest BCUT2D eigenvalue weighted by Gasteiger charge is -2.59. The van der Waals surface area contributed by atoms with Crippen LogP contribution in [0.1, 0.15) is 68.3 Å². The highest BCUT2D eigenvalue weighted by Crippen LogP contribution is 2.76. The molecule has 53 heavy (non-hydrogen) atoms. The molecule has 5 fully saturated rings. The first kappa shape index (κ1) is 34.5. The second kappa shape index (κ2) is 11.6. The summed E-state index contributed by atoms with van der Waals surface area (Å²) in [5.41, 5.74) is -3.04. The molecular formula is C42H40ClFN2O7. The number of aromatic nitrogens is 1. The van der Waals surface area contributed by atoms with E-state index in [1.807, 2.05) is 38.1 Å². The number of aliphatic hydroxyl groups is 1. The molecule has 3 aromatic rings. The number of anilines is 1. The number of rotatable bonds is 7. The number of nitrogens with zero attached hydrogens (tertiary/aromatic N) is 1. The van der Waals surface area contributed by atoms with E-state index in [-0.39, 0.29) is 59.0 Å². The molecule has 274 valence electrons. The maximum Gasteiger partial charge on any atom is 0.338 e. The summed E-state index contributed by atoms with van der Waals surface area (Å²) in [6, 6.07) is 12.4. The second-order valence-corrected chi connectivity index (χ2v) is 16.7. The number of pyridine rings is 1. The van der Waals surface area contributed by atoms with Crippen LogP contribution in [0.2, 0.25) is 5.02 Å². The van der Waals surface area contributed by atoms with E-state index in [4.69, 9.17) is 21.1 Å². The van der Waals surface area contributed by atoms with Gasteiger partial charge >= 0.3 is 5.97 Å². The summed E-state index contributed by atoms with van der Waals surface area (Å²) in [6.07, 6.45) is 7.80. The highest BCUT2D eigenvalue weighted by Gasteiger charge is 2.88. The van der Waals surface area contributed by atoms with Crippen LogP contribution in [0.15, 0.2) is 78.7 Å². The van der Waals surface area contributed by atoms with Crippen molar-refractivity contribution in [1.82, 2.24) is 4.98 Å². The van der Waals surface area contributed by atoms with E-state index in [1.165, 1.54) is 12.2 Å². The molecule has 5 aliphatic carbocycles. The van der Waals surface area contributed by atoms with Crippen molar-refractivity contribution in [1.29, 1.82) is 0 Å². The number of benzene rings is 2. The molecule has 9 nitrogen and oxygen atoms in total. The third kappa shape index (κ3) is 4.70. The Bertz CT molecular complexity index is 2210. The molecular weight excluding hydrogens is 699 g/mol. The van der Waals surface area contributed by atoms with Crippen LogP contribution in [0.25, 0.3) is 10.8 Å². The predicted molar refractivity (Wildman–Crippen MR) is 194 cm³/mol. The molecule has 1 amide bonds. The molecule has 11 atom stereocenters. The number of Topliss-reactive ketones (excluding diaryl/α,β-unsaturated/α-hetero) is 1. The van der Waals surface area contributed by atoms with Gasteiger partial charge in [-0.2, -0.15) is 0 Å². The summed E-state index contributed by atoms with van der Waals surface area (Å²) >= 11 is 6.31. The van der Waals surface area contributed by atoms with Gasteiger partial charge in [0, 0.05) is 52.5 Å². The maximum atomic E-state index is 17.4. The average Bonchev–Trinajstić information content (AvgIpc) is 4.00. The Labute approximate surface area is 311 Å². The van der Waals surface area contributed by atoms with Crippen molar-refractivity contribution in [2.24, 2.45) is 35.0 Å². The number of nitrogens with one attached hydrogen (secondary N) is 1. The van der Waals surface area contributed by atoms with Gasteiger partial charge in [0.1, 0.15) is 5.60 Å². The zero-order valence-corrected chi connectivity index (χ0v) is 30.4. The van der Waals surface area contributed by atoms with E-state index in [9.17, 15) is 24.3 Å². The normalized spacial score (nSPS) is 38.9. The quantitative estimate of drug-likeness (QED) is 0.202. The number of ether oxygens (including phenoxy) is 2. The number of aliphatic hydroxyl groups excluding tert-OH is 1. The molecule has 0 radical (unpaired) electrons. The van der Waals surface area contributed by atoms with Crippen molar-refractivity contribution >= 4 is 51.5 Å². The van der Waals surface area contributed by atoms with Gasteiger partial charge in [0.05, 0.1) is 16.7 Å². The highest BCUT2D eigenvalue weighted by molar-refractivity contribution is 6.35. The summed E-state index contributed by atoms with van der Waals surface area (Å²) in [5.74, 6) is -2.89. The van der Waals surface area contributed by atoms with Crippen molar-refractivity contribution in [2.75, 3.05) is 11.9 Å². The van der Waals surface area contributed by atoms with Gasteiger partial charge in [-0.05, 0) is 91.8 Å². The van der Waals surface area contributed by atoms with Crippen LogP contribution in [-0.4, -0.2) is 63.1 Å². The molecule has 1 saturated heterocycles. The Morgan fingerprint density at radius 1 is 1.13 bits per heavy atom. The van der Waals surface area contributed by atoms with Gasteiger partial charge in [0.25, 0.3) is 0 Å². The van der Waals surface area contributed by atoms with Gasteiger partial charge in [0.15, 0.2) is 23.7 Å². The van der Waals surface area contributed by atoms with Crippen LogP contribution in [0.4, 0.5) is 10.1 Å². The van der Waals surface area contributed by atoms with Crippen molar-refractivity contribution < 1.29 is 38.1 Å².